The molecule has 1 saturated carbocycles. The van der Waals surface area contributed by atoms with Gasteiger partial charge in [-0.25, -0.2) is 0 Å². The summed E-state index contributed by atoms with van der Waals surface area (Å²) in [5.74, 6) is 0.603. The third kappa shape index (κ3) is 2.71. The van der Waals surface area contributed by atoms with Crippen LogP contribution in [0.5, 0.6) is 5.75 Å². The van der Waals surface area contributed by atoms with Gasteiger partial charge in [0.15, 0.2) is 0 Å². The van der Waals surface area contributed by atoms with Gasteiger partial charge in [-0.2, -0.15) is 0 Å². The van der Waals surface area contributed by atoms with Crippen LogP contribution >= 0.6 is 0 Å². The van der Waals surface area contributed by atoms with Crippen molar-refractivity contribution in [3.8, 4) is 5.75 Å². The van der Waals surface area contributed by atoms with Gasteiger partial charge in [0, 0.05) is 24.5 Å². The number of ether oxygens (including phenoxy) is 1. The first-order valence-electron chi connectivity index (χ1n) is 8.13. The van der Waals surface area contributed by atoms with Crippen molar-refractivity contribution in [3.05, 3.63) is 40.3 Å². The summed E-state index contributed by atoms with van der Waals surface area (Å²) in [6.45, 7) is 5.16. The predicted octanol–water partition coefficient (Wildman–Crippen LogP) is 2.83. The molecule has 0 radical (unpaired) electrons. The maximum absolute atomic E-state index is 12.9. The van der Waals surface area contributed by atoms with Crippen LogP contribution in [0.2, 0.25) is 0 Å². The van der Waals surface area contributed by atoms with Crippen molar-refractivity contribution in [3.63, 3.8) is 0 Å². The highest BCUT2D eigenvalue weighted by atomic mass is 16.5. The van der Waals surface area contributed by atoms with Gasteiger partial charge < -0.3 is 14.2 Å². The second-order valence-electron chi connectivity index (χ2n) is 5.87. The topological polar surface area (TPSA) is 51.5 Å². The van der Waals surface area contributed by atoms with Crippen LogP contribution in [0.4, 0.5) is 0 Å². The second-order valence-corrected chi connectivity index (χ2v) is 5.87. The van der Waals surface area contributed by atoms with Crippen LogP contribution in [-0.2, 0) is 0 Å². The third-order valence-electron chi connectivity index (χ3n) is 4.44. The maximum atomic E-state index is 12.9. The monoisotopic (exact) mass is 314 g/mol. The molecule has 1 aliphatic carbocycles. The van der Waals surface area contributed by atoms with Gasteiger partial charge in [0.05, 0.1) is 7.11 Å². The van der Waals surface area contributed by atoms with E-state index in [0.717, 1.165) is 18.2 Å². The number of methoxy groups -OCH3 is 1. The number of carbonyl (C=O) groups is 1. The Morgan fingerprint density at radius 1 is 1.26 bits per heavy atom. The van der Waals surface area contributed by atoms with E-state index in [4.69, 9.17) is 4.74 Å². The number of fused-ring (bicyclic) bond motifs is 1. The molecule has 23 heavy (non-hydrogen) atoms. The average molecular weight is 314 g/mol. The first-order chi connectivity index (χ1) is 11.1. The fourth-order valence-corrected chi connectivity index (χ4v) is 2.97. The summed E-state index contributed by atoms with van der Waals surface area (Å²) in [5.41, 5.74) is 0.408. The SMILES string of the molecule is CCN(CC)C(=O)c1cc2cc(OC)ccc2c(=O)n1C1CC1. The Morgan fingerprint density at radius 2 is 1.96 bits per heavy atom. The molecule has 0 bridgehead atoms. The van der Waals surface area contributed by atoms with Gasteiger partial charge in [-0.3, -0.25) is 9.59 Å². The Kier molecular flexibility index (Phi) is 4.11. The van der Waals surface area contributed by atoms with Crippen molar-refractivity contribution in [2.75, 3.05) is 20.2 Å². The van der Waals surface area contributed by atoms with Gasteiger partial charge in [0.25, 0.3) is 11.5 Å². The lowest BCUT2D eigenvalue weighted by atomic mass is 10.1. The standard InChI is InChI=1S/C18H22N2O3/c1-4-19(5-2)18(22)16-11-12-10-14(23-3)8-9-15(12)17(21)20(16)13-6-7-13/h8-11,13H,4-7H2,1-3H3. The normalized spacial score (nSPS) is 14.0. The average Bonchev–Trinajstić information content (AvgIpc) is 3.39. The van der Waals surface area contributed by atoms with E-state index in [9.17, 15) is 9.59 Å². The number of benzene rings is 1. The van der Waals surface area contributed by atoms with Gasteiger partial charge in [-0.05, 0) is 56.3 Å². The highest BCUT2D eigenvalue weighted by molar-refractivity contribution is 5.97. The fraction of sp³-hybridized carbons (Fsp3) is 0.444. The summed E-state index contributed by atoms with van der Waals surface area (Å²) >= 11 is 0. The molecule has 0 spiro atoms. The summed E-state index contributed by atoms with van der Waals surface area (Å²) in [5, 5.41) is 1.38. The Labute approximate surface area is 135 Å². The van der Waals surface area contributed by atoms with E-state index in [0.29, 0.717) is 29.9 Å². The highest BCUT2D eigenvalue weighted by Crippen LogP contribution is 2.35. The molecule has 1 aromatic heterocycles. The number of carbonyl (C=O) groups excluding carboxylic acids is 1. The molecule has 1 aliphatic rings. The molecule has 0 N–H and O–H groups in total. The van der Waals surface area contributed by atoms with Gasteiger partial charge >= 0.3 is 0 Å². The van der Waals surface area contributed by atoms with E-state index in [2.05, 4.69) is 0 Å². The molecular weight excluding hydrogens is 292 g/mol. The maximum Gasteiger partial charge on any atom is 0.270 e. The van der Waals surface area contributed by atoms with E-state index in [1.54, 1.807) is 28.7 Å². The van der Waals surface area contributed by atoms with Crippen LogP contribution in [-0.4, -0.2) is 35.6 Å². The highest BCUT2D eigenvalue weighted by Gasteiger charge is 2.30. The lowest BCUT2D eigenvalue weighted by Gasteiger charge is -2.21. The van der Waals surface area contributed by atoms with Crippen LogP contribution in [0.15, 0.2) is 29.1 Å². The number of rotatable bonds is 5. The summed E-state index contributed by atoms with van der Waals surface area (Å²) in [6, 6.07) is 7.36. The summed E-state index contributed by atoms with van der Waals surface area (Å²) < 4.78 is 6.93. The van der Waals surface area contributed by atoms with Crippen LogP contribution in [0, 0.1) is 0 Å². The number of amides is 1. The van der Waals surface area contributed by atoms with Crippen LogP contribution < -0.4 is 10.3 Å². The Hall–Kier alpha value is -2.30. The number of hydrogen-bond acceptors (Lipinski definition) is 3. The molecule has 5 nitrogen and oxygen atoms in total. The Morgan fingerprint density at radius 3 is 2.52 bits per heavy atom. The minimum absolute atomic E-state index is 0.0799. The van der Waals surface area contributed by atoms with E-state index in [1.165, 1.54) is 0 Å². The molecule has 1 heterocycles. The van der Waals surface area contributed by atoms with Crippen molar-refractivity contribution < 1.29 is 9.53 Å². The summed E-state index contributed by atoms with van der Waals surface area (Å²) in [4.78, 5) is 27.5. The molecule has 0 aliphatic heterocycles. The number of pyridine rings is 1. The molecular formula is C18H22N2O3. The third-order valence-corrected chi connectivity index (χ3v) is 4.44. The number of hydrogen-bond donors (Lipinski definition) is 0. The smallest absolute Gasteiger partial charge is 0.270 e. The first-order valence-corrected chi connectivity index (χ1v) is 8.13. The second kappa shape index (κ2) is 6.07. The molecule has 1 amide bonds. The molecule has 3 rings (SSSR count). The Balaban J connectivity index is 2.24. The van der Waals surface area contributed by atoms with E-state index < -0.39 is 0 Å². The van der Waals surface area contributed by atoms with Gasteiger partial charge in [-0.1, -0.05) is 0 Å². The van der Waals surface area contributed by atoms with Crippen molar-refractivity contribution in [1.82, 2.24) is 9.47 Å². The Bertz CT molecular complexity index is 802. The zero-order valence-electron chi connectivity index (χ0n) is 13.8. The first kappa shape index (κ1) is 15.6. The zero-order chi connectivity index (χ0) is 16.6. The van der Waals surface area contributed by atoms with Crippen molar-refractivity contribution in [2.24, 2.45) is 0 Å². The van der Waals surface area contributed by atoms with Gasteiger partial charge in [0.2, 0.25) is 0 Å². The molecule has 1 aromatic carbocycles. The van der Waals surface area contributed by atoms with Crippen molar-refractivity contribution >= 4 is 16.7 Å². The molecule has 0 unspecified atom stereocenters. The minimum atomic E-state index is -0.0804. The zero-order valence-corrected chi connectivity index (χ0v) is 13.8. The van der Waals surface area contributed by atoms with Crippen LogP contribution in [0.25, 0.3) is 10.8 Å². The molecule has 2 aromatic rings. The van der Waals surface area contributed by atoms with Crippen molar-refractivity contribution in [2.45, 2.75) is 32.7 Å². The molecule has 0 atom stereocenters. The van der Waals surface area contributed by atoms with Gasteiger partial charge in [0.1, 0.15) is 11.4 Å². The summed E-state index contributed by atoms with van der Waals surface area (Å²) in [7, 11) is 1.59. The minimum Gasteiger partial charge on any atom is -0.497 e. The van der Waals surface area contributed by atoms with E-state index >= 15 is 0 Å². The van der Waals surface area contributed by atoms with E-state index in [1.807, 2.05) is 26.0 Å². The molecule has 0 saturated heterocycles. The van der Waals surface area contributed by atoms with Gasteiger partial charge in [-0.15, -0.1) is 0 Å². The molecule has 122 valence electrons. The van der Waals surface area contributed by atoms with Crippen LogP contribution in [0.1, 0.15) is 43.2 Å². The van der Waals surface area contributed by atoms with Crippen molar-refractivity contribution in [1.29, 1.82) is 0 Å². The lowest BCUT2D eigenvalue weighted by Crippen LogP contribution is -2.35. The van der Waals surface area contributed by atoms with E-state index in [-0.39, 0.29) is 17.5 Å². The largest absolute Gasteiger partial charge is 0.497 e. The molecule has 1 fully saturated rings. The predicted molar refractivity (Wildman–Crippen MR) is 90.3 cm³/mol. The fourth-order valence-electron chi connectivity index (χ4n) is 2.97. The summed E-state index contributed by atoms with van der Waals surface area (Å²) in [6.07, 6.45) is 1.92. The van der Waals surface area contributed by atoms with Crippen LogP contribution in [0.3, 0.4) is 0 Å². The lowest BCUT2D eigenvalue weighted by molar-refractivity contribution is 0.0760. The quantitative estimate of drug-likeness (QED) is 0.853. The number of nitrogens with zero attached hydrogens (tertiary/aromatic N) is 2. The number of aromatic nitrogens is 1. The molecule has 5 heteroatoms.